The molecule has 0 aliphatic carbocycles. The van der Waals surface area contributed by atoms with Gasteiger partial charge >= 0.3 is 6.09 Å². The van der Waals surface area contributed by atoms with E-state index in [1.165, 1.54) is 6.07 Å². The fourth-order valence-corrected chi connectivity index (χ4v) is 3.13. The molecule has 2 aromatic rings. The van der Waals surface area contributed by atoms with Gasteiger partial charge in [-0.25, -0.2) is 9.18 Å². The van der Waals surface area contributed by atoms with E-state index in [0.717, 1.165) is 0 Å². The van der Waals surface area contributed by atoms with Crippen LogP contribution in [0.1, 0.15) is 39.2 Å². The molecule has 3 rings (SSSR count). The molecular weight excluding hydrogens is 385 g/mol. The van der Waals surface area contributed by atoms with Crippen LogP contribution in [0.5, 0.6) is 5.88 Å². The van der Waals surface area contributed by atoms with Crippen molar-refractivity contribution in [1.29, 1.82) is 0 Å². The van der Waals surface area contributed by atoms with Crippen LogP contribution in [0.25, 0.3) is 0 Å². The first kappa shape index (κ1) is 20.5. The summed E-state index contributed by atoms with van der Waals surface area (Å²) in [6.45, 7) is 7.02. The van der Waals surface area contributed by atoms with Crippen molar-refractivity contribution in [3.8, 4) is 5.88 Å². The number of halogens is 2. The lowest BCUT2D eigenvalue weighted by Crippen LogP contribution is -2.44. The quantitative estimate of drug-likeness (QED) is 0.745. The van der Waals surface area contributed by atoms with E-state index < -0.39 is 5.60 Å². The Labute approximate surface area is 169 Å². The predicted octanol–water partition coefficient (Wildman–Crippen LogP) is 4.50. The third kappa shape index (κ3) is 5.61. The number of piperidine rings is 1. The van der Waals surface area contributed by atoms with Gasteiger partial charge in [-0.15, -0.1) is 5.10 Å². The maximum atomic E-state index is 13.9. The first-order valence-corrected chi connectivity index (χ1v) is 9.69. The van der Waals surface area contributed by atoms with Crippen molar-refractivity contribution in [3.05, 3.63) is 46.9 Å². The molecule has 1 aliphatic rings. The van der Waals surface area contributed by atoms with Gasteiger partial charge in [0, 0.05) is 48.8 Å². The van der Waals surface area contributed by atoms with Crippen LogP contribution < -0.4 is 4.74 Å². The smallest absolute Gasteiger partial charge is 0.410 e. The summed E-state index contributed by atoms with van der Waals surface area (Å²) in [5.74, 6) is 0.130. The maximum absolute atomic E-state index is 13.9. The summed E-state index contributed by atoms with van der Waals surface area (Å²) in [5, 5.41) is 4.72. The van der Waals surface area contributed by atoms with Gasteiger partial charge in [0.05, 0.1) is 6.54 Å². The molecule has 0 saturated carbocycles. The molecule has 1 fully saturated rings. The monoisotopic (exact) mass is 409 g/mol. The Morgan fingerprint density at radius 3 is 2.64 bits per heavy atom. The lowest BCUT2D eigenvalue weighted by atomic mass is 10.1. The van der Waals surface area contributed by atoms with E-state index in [-0.39, 0.29) is 18.0 Å². The van der Waals surface area contributed by atoms with Gasteiger partial charge in [-0.3, -0.25) is 4.68 Å². The Kier molecular flexibility index (Phi) is 6.13. The second kappa shape index (κ2) is 8.39. The zero-order valence-electron chi connectivity index (χ0n) is 16.3. The van der Waals surface area contributed by atoms with Crippen LogP contribution in [0.2, 0.25) is 5.02 Å². The topological polar surface area (TPSA) is 56.6 Å². The molecule has 0 N–H and O–H groups in total. The molecule has 1 saturated heterocycles. The third-order valence-electron chi connectivity index (χ3n) is 4.34. The van der Waals surface area contributed by atoms with Crippen LogP contribution in [0.15, 0.2) is 30.5 Å². The highest BCUT2D eigenvalue weighted by atomic mass is 35.5. The Balaban J connectivity index is 1.50. The largest absolute Gasteiger partial charge is 0.473 e. The minimum absolute atomic E-state index is 0.0192. The van der Waals surface area contributed by atoms with Crippen LogP contribution in [-0.2, 0) is 11.3 Å². The van der Waals surface area contributed by atoms with Crippen molar-refractivity contribution in [3.63, 3.8) is 0 Å². The van der Waals surface area contributed by atoms with E-state index >= 15 is 0 Å². The minimum Gasteiger partial charge on any atom is -0.473 e. The summed E-state index contributed by atoms with van der Waals surface area (Å²) in [6.07, 6.45) is 2.85. The van der Waals surface area contributed by atoms with E-state index in [4.69, 9.17) is 21.1 Å². The molecule has 6 nitrogen and oxygen atoms in total. The number of hydrogen-bond donors (Lipinski definition) is 0. The standard InChI is InChI=1S/C20H25ClFN3O3/c1-20(2,3)28-19(26)24-9-6-16(7-10-24)27-18-8-11-25(23-18)13-14-4-5-15(21)12-17(14)22/h4-5,8,11-12,16H,6-7,9-10,13H2,1-3H3. The lowest BCUT2D eigenvalue weighted by Gasteiger charge is -2.33. The molecule has 0 atom stereocenters. The number of rotatable bonds is 4. The highest BCUT2D eigenvalue weighted by Gasteiger charge is 2.27. The normalized spacial score (nSPS) is 15.5. The number of aromatic nitrogens is 2. The average molecular weight is 410 g/mol. The highest BCUT2D eigenvalue weighted by Crippen LogP contribution is 2.20. The number of hydrogen-bond acceptors (Lipinski definition) is 4. The number of benzene rings is 1. The first-order valence-electron chi connectivity index (χ1n) is 9.31. The van der Waals surface area contributed by atoms with Crippen LogP contribution in [0.3, 0.4) is 0 Å². The van der Waals surface area contributed by atoms with E-state index in [0.29, 0.717) is 48.9 Å². The molecule has 0 radical (unpaired) electrons. The van der Waals surface area contributed by atoms with Crippen molar-refractivity contribution in [2.75, 3.05) is 13.1 Å². The lowest BCUT2D eigenvalue weighted by molar-refractivity contribution is 0.0122. The van der Waals surface area contributed by atoms with Crippen molar-refractivity contribution in [2.45, 2.75) is 51.9 Å². The van der Waals surface area contributed by atoms with Gasteiger partial charge in [-0.05, 0) is 32.9 Å². The van der Waals surface area contributed by atoms with Crippen molar-refractivity contribution < 1.29 is 18.7 Å². The average Bonchev–Trinajstić information content (AvgIpc) is 3.03. The Morgan fingerprint density at radius 2 is 2.00 bits per heavy atom. The molecule has 1 aromatic heterocycles. The van der Waals surface area contributed by atoms with Crippen LogP contribution >= 0.6 is 11.6 Å². The second-order valence-electron chi connectivity index (χ2n) is 7.87. The van der Waals surface area contributed by atoms with E-state index in [9.17, 15) is 9.18 Å². The molecule has 1 aliphatic heterocycles. The molecule has 0 bridgehead atoms. The first-order chi connectivity index (χ1) is 13.2. The van der Waals surface area contributed by atoms with Gasteiger partial charge < -0.3 is 14.4 Å². The maximum Gasteiger partial charge on any atom is 0.410 e. The molecule has 0 spiro atoms. The van der Waals surface area contributed by atoms with Gasteiger partial charge in [0.2, 0.25) is 5.88 Å². The van der Waals surface area contributed by atoms with Crippen LogP contribution in [0.4, 0.5) is 9.18 Å². The van der Waals surface area contributed by atoms with E-state index in [1.807, 2.05) is 20.8 Å². The Bertz CT molecular complexity index is 826. The predicted molar refractivity (Wildman–Crippen MR) is 104 cm³/mol. The van der Waals surface area contributed by atoms with Gasteiger partial charge in [-0.1, -0.05) is 17.7 Å². The van der Waals surface area contributed by atoms with Crippen molar-refractivity contribution >= 4 is 17.7 Å². The summed E-state index contributed by atoms with van der Waals surface area (Å²) < 4.78 is 26.9. The number of amides is 1. The molecular formula is C20H25ClFN3O3. The Hall–Kier alpha value is -2.28. The van der Waals surface area contributed by atoms with Gasteiger partial charge in [0.25, 0.3) is 0 Å². The number of nitrogens with zero attached hydrogens (tertiary/aromatic N) is 3. The molecule has 28 heavy (non-hydrogen) atoms. The van der Waals surface area contributed by atoms with Gasteiger partial charge in [-0.2, -0.15) is 0 Å². The summed E-state index contributed by atoms with van der Waals surface area (Å²) in [6, 6.07) is 6.34. The van der Waals surface area contributed by atoms with Gasteiger partial charge in [0.1, 0.15) is 17.5 Å². The Morgan fingerprint density at radius 1 is 1.29 bits per heavy atom. The van der Waals surface area contributed by atoms with E-state index in [2.05, 4.69) is 5.10 Å². The molecule has 2 heterocycles. The minimum atomic E-state index is -0.499. The van der Waals surface area contributed by atoms with E-state index in [1.54, 1.807) is 34.0 Å². The fraction of sp³-hybridized carbons (Fsp3) is 0.500. The highest BCUT2D eigenvalue weighted by molar-refractivity contribution is 6.30. The zero-order valence-corrected chi connectivity index (χ0v) is 17.1. The number of carbonyl (C=O) groups is 1. The van der Waals surface area contributed by atoms with Crippen molar-refractivity contribution in [2.24, 2.45) is 0 Å². The summed E-state index contributed by atoms with van der Waals surface area (Å²) >= 11 is 5.78. The summed E-state index contributed by atoms with van der Waals surface area (Å²) in [7, 11) is 0. The molecule has 1 amide bonds. The van der Waals surface area contributed by atoms with Gasteiger partial charge in [0.15, 0.2) is 0 Å². The summed E-state index contributed by atoms with van der Waals surface area (Å²) in [4.78, 5) is 13.8. The molecule has 152 valence electrons. The summed E-state index contributed by atoms with van der Waals surface area (Å²) in [5.41, 5.74) is 0.00519. The molecule has 8 heteroatoms. The third-order valence-corrected chi connectivity index (χ3v) is 4.58. The van der Waals surface area contributed by atoms with Crippen molar-refractivity contribution in [1.82, 2.24) is 14.7 Å². The number of carbonyl (C=O) groups excluding carboxylic acids is 1. The number of ether oxygens (including phenoxy) is 2. The van der Waals surface area contributed by atoms with Crippen LogP contribution in [0, 0.1) is 5.82 Å². The zero-order chi connectivity index (χ0) is 20.3. The molecule has 1 aromatic carbocycles. The fourth-order valence-electron chi connectivity index (χ4n) is 2.97. The SMILES string of the molecule is CC(C)(C)OC(=O)N1CCC(Oc2ccn(Cc3ccc(Cl)cc3F)n2)CC1. The molecule has 0 unspecified atom stereocenters. The van der Waals surface area contributed by atoms with Crippen LogP contribution in [-0.4, -0.2) is 45.6 Å². The second-order valence-corrected chi connectivity index (χ2v) is 8.31. The number of likely N-dealkylation sites (tertiary alicyclic amines) is 1.